The summed E-state index contributed by atoms with van der Waals surface area (Å²) in [5, 5.41) is 9.60. The number of hydrogen-bond donors (Lipinski definition) is 1. The van der Waals surface area contributed by atoms with Gasteiger partial charge in [0, 0.05) is 24.1 Å². The van der Waals surface area contributed by atoms with Gasteiger partial charge in [0.1, 0.15) is 5.82 Å². The number of anilines is 1. The second-order valence-corrected chi connectivity index (χ2v) is 5.28. The Balaban J connectivity index is 2.05. The quantitative estimate of drug-likeness (QED) is 0.861. The van der Waals surface area contributed by atoms with E-state index in [9.17, 15) is 0 Å². The molecule has 1 aromatic rings. The van der Waals surface area contributed by atoms with Gasteiger partial charge in [0.25, 0.3) is 0 Å². The Labute approximate surface area is 100 Å². The van der Waals surface area contributed by atoms with Crippen LogP contribution in [-0.2, 0) is 6.61 Å². The molecule has 2 rings (SSSR count). The summed E-state index contributed by atoms with van der Waals surface area (Å²) in [6, 6.07) is 0. The third-order valence-electron chi connectivity index (χ3n) is 2.77. The van der Waals surface area contributed by atoms with Crippen LogP contribution >= 0.6 is 11.8 Å². The molecule has 0 radical (unpaired) electrons. The zero-order valence-electron chi connectivity index (χ0n) is 9.46. The van der Waals surface area contributed by atoms with Crippen LogP contribution in [0.3, 0.4) is 0 Å². The number of aromatic nitrogens is 2. The summed E-state index contributed by atoms with van der Waals surface area (Å²) < 4.78 is 0. The highest BCUT2D eigenvalue weighted by atomic mass is 32.2. The van der Waals surface area contributed by atoms with Gasteiger partial charge in [-0.25, -0.2) is 4.98 Å². The largest absolute Gasteiger partial charge is 0.390 e. The van der Waals surface area contributed by atoms with Crippen LogP contribution in [0.2, 0.25) is 0 Å². The zero-order valence-corrected chi connectivity index (χ0v) is 10.3. The van der Waals surface area contributed by atoms with Crippen molar-refractivity contribution in [2.45, 2.75) is 25.2 Å². The van der Waals surface area contributed by atoms with E-state index >= 15 is 0 Å². The summed E-state index contributed by atoms with van der Waals surface area (Å²) in [5.41, 5.74) is 0.627. The van der Waals surface area contributed by atoms with Crippen molar-refractivity contribution in [3.05, 3.63) is 18.1 Å². The minimum absolute atomic E-state index is 0.0410. The second-order valence-electron chi connectivity index (χ2n) is 3.87. The van der Waals surface area contributed by atoms with Gasteiger partial charge in [-0.1, -0.05) is 6.92 Å². The Morgan fingerprint density at radius 3 is 3.00 bits per heavy atom. The standard InChI is InChI=1S/C11H17N3OS/c1-2-10-7-14(3-4-16-10)11-6-12-9(8-15)5-13-11/h5-6,10,15H,2-4,7-8H2,1H3. The first-order valence-electron chi connectivity index (χ1n) is 5.61. The van der Waals surface area contributed by atoms with Crippen molar-refractivity contribution in [3.63, 3.8) is 0 Å². The van der Waals surface area contributed by atoms with Crippen LogP contribution in [0.1, 0.15) is 19.0 Å². The smallest absolute Gasteiger partial charge is 0.147 e. The van der Waals surface area contributed by atoms with Crippen LogP contribution in [-0.4, -0.2) is 39.2 Å². The van der Waals surface area contributed by atoms with Crippen LogP contribution in [0.25, 0.3) is 0 Å². The summed E-state index contributed by atoms with van der Waals surface area (Å²) in [5.74, 6) is 2.08. The molecule has 1 aliphatic heterocycles. The molecule has 0 bridgehead atoms. The molecule has 1 unspecified atom stereocenters. The molecule has 88 valence electrons. The van der Waals surface area contributed by atoms with E-state index in [0.717, 1.165) is 24.7 Å². The summed E-state index contributed by atoms with van der Waals surface area (Å²) in [6.07, 6.45) is 4.61. The van der Waals surface area contributed by atoms with Crippen LogP contribution < -0.4 is 4.90 Å². The number of aliphatic hydroxyl groups is 1. The van der Waals surface area contributed by atoms with Gasteiger partial charge in [0.2, 0.25) is 0 Å². The van der Waals surface area contributed by atoms with E-state index < -0.39 is 0 Å². The molecule has 16 heavy (non-hydrogen) atoms. The number of nitrogens with zero attached hydrogens (tertiary/aromatic N) is 3. The molecule has 0 aromatic carbocycles. The van der Waals surface area contributed by atoms with Crippen LogP contribution in [0.5, 0.6) is 0 Å². The first kappa shape index (κ1) is 11.7. The molecule has 1 atom stereocenters. The second kappa shape index (κ2) is 5.50. The highest BCUT2D eigenvalue weighted by molar-refractivity contribution is 8.00. The third-order valence-corrected chi connectivity index (χ3v) is 4.14. The lowest BCUT2D eigenvalue weighted by Gasteiger charge is -2.32. The maximum Gasteiger partial charge on any atom is 0.147 e. The number of rotatable bonds is 3. The highest BCUT2D eigenvalue weighted by Crippen LogP contribution is 2.24. The molecule has 1 N–H and O–H groups in total. The van der Waals surface area contributed by atoms with E-state index in [4.69, 9.17) is 5.11 Å². The predicted octanol–water partition coefficient (Wildman–Crippen LogP) is 1.30. The van der Waals surface area contributed by atoms with Gasteiger partial charge >= 0.3 is 0 Å². The third kappa shape index (κ3) is 2.65. The van der Waals surface area contributed by atoms with Crippen molar-refractivity contribution < 1.29 is 5.11 Å². The van der Waals surface area contributed by atoms with E-state index in [1.807, 2.05) is 11.8 Å². The van der Waals surface area contributed by atoms with E-state index in [2.05, 4.69) is 21.8 Å². The van der Waals surface area contributed by atoms with E-state index in [-0.39, 0.29) is 6.61 Å². The number of aliphatic hydroxyl groups excluding tert-OH is 1. The summed E-state index contributed by atoms with van der Waals surface area (Å²) in [4.78, 5) is 10.8. The zero-order chi connectivity index (χ0) is 11.4. The van der Waals surface area contributed by atoms with E-state index in [1.54, 1.807) is 12.4 Å². The van der Waals surface area contributed by atoms with Gasteiger partial charge in [0.05, 0.1) is 24.7 Å². The molecule has 0 aliphatic carbocycles. The molecular formula is C11H17N3OS. The molecule has 0 amide bonds. The topological polar surface area (TPSA) is 49.2 Å². The monoisotopic (exact) mass is 239 g/mol. The number of hydrogen-bond acceptors (Lipinski definition) is 5. The van der Waals surface area contributed by atoms with Gasteiger partial charge in [-0.2, -0.15) is 11.8 Å². The van der Waals surface area contributed by atoms with Crippen molar-refractivity contribution in [2.24, 2.45) is 0 Å². The van der Waals surface area contributed by atoms with Gasteiger partial charge in [-0.05, 0) is 6.42 Å². The minimum Gasteiger partial charge on any atom is -0.390 e. The number of thioether (sulfide) groups is 1. The average Bonchev–Trinajstić information content (AvgIpc) is 2.39. The maximum absolute atomic E-state index is 8.90. The van der Waals surface area contributed by atoms with Gasteiger partial charge in [-0.15, -0.1) is 0 Å². The Morgan fingerprint density at radius 2 is 2.38 bits per heavy atom. The van der Waals surface area contributed by atoms with Crippen molar-refractivity contribution in [1.82, 2.24) is 9.97 Å². The van der Waals surface area contributed by atoms with Crippen LogP contribution in [0, 0.1) is 0 Å². The SMILES string of the molecule is CCC1CN(c2cnc(CO)cn2)CCS1. The predicted molar refractivity (Wildman–Crippen MR) is 66.7 cm³/mol. The van der Waals surface area contributed by atoms with Crippen molar-refractivity contribution >= 4 is 17.6 Å². The average molecular weight is 239 g/mol. The highest BCUT2D eigenvalue weighted by Gasteiger charge is 2.19. The molecule has 4 nitrogen and oxygen atoms in total. The summed E-state index contributed by atoms with van der Waals surface area (Å²) >= 11 is 2.04. The lowest BCUT2D eigenvalue weighted by atomic mass is 10.3. The van der Waals surface area contributed by atoms with Crippen molar-refractivity contribution in [3.8, 4) is 0 Å². The lowest BCUT2D eigenvalue weighted by Crippen LogP contribution is -2.38. The molecule has 1 fully saturated rings. The maximum atomic E-state index is 8.90. The fourth-order valence-corrected chi connectivity index (χ4v) is 2.95. The first-order valence-corrected chi connectivity index (χ1v) is 6.66. The van der Waals surface area contributed by atoms with Crippen LogP contribution in [0.4, 0.5) is 5.82 Å². The molecule has 5 heteroatoms. The Hall–Kier alpha value is -0.810. The first-order chi connectivity index (χ1) is 7.83. The van der Waals surface area contributed by atoms with Gasteiger partial charge < -0.3 is 10.0 Å². The van der Waals surface area contributed by atoms with Crippen molar-refractivity contribution in [2.75, 3.05) is 23.7 Å². The van der Waals surface area contributed by atoms with Crippen molar-refractivity contribution in [1.29, 1.82) is 0 Å². The molecule has 2 heterocycles. The minimum atomic E-state index is -0.0410. The summed E-state index contributed by atoms with van der Waals surface area (Å²) in [6.45, 7) is 4.27. The van der Waals surface area contributed by atoms with Gasteiger partial charge in [-0.3, -0.25) is 4.98 Å². The Bertz CT molecular complexity index is 331. The molecule has 0 saturated carbocycles. The van der Waals surface area contributed by atoms with Crippen LogP contribution in [0.15, 0.2) is 12.4 Å². The molecule has 1 saturated heterocycles. The molecule has 1 aromatic heterocycles. The van der Waals surface area contributed by atoms with Gasteiger partial charge in [0.15, 0.2) is 0 Å². The Morgan fingerprint density at radius 1 is 1.50 bits per heavy atom. The van der Waals surface area contributed by atoms with E-state index in [0.29, 0.717) is 10.9 Å². The normalized spacial score (nSPS) is 21.1. The Kier molecular flexibility index (Phi) is 4.01. The fourth-order valence-electron chi connectivity index (χ4n) is 1.77. The molecule has 1 aliphatic rings. The molecule has 0 spiro atoms. The van der Waals surface area contributed by atoms with E-state index in [1.165, 1.54) is 6.42 Å². The summed E-state index contributed by atoms with van der Waals surface area (Å²) in [7, 11) is 0. The lowest BCUT2D eigenvalue weighted by molar-refractivity contribution is 0.276. The fraction of sp³-hybridized carbons (Fsp3) is 0.636. The molecular weight excluding hydrogens is 222 g/mol.